The highest BCUT2D eigenvalue weighted by atomic mass is 16.5. The molecule has 0 atom stereocenters. The van der Waals surface area contributed by atoms with E-state index in [1.165, 1.54) is 32.1 Å². The van der Waals surface area contributed by atoms with Crippen molar-refractivity contribution in [1.82, 2.24) is 0 Å². The maximum absolute atomic E-state index is 5.62. The minimum absolute atomic E-state index is 0.174. The van der Waals surface area contributed by atoms with Gasteiger partial charge in [0.25, 0.3) is 0 Å². The van der Waals surface area contributed by atoms with Crippen LogP contribution in [0.3, 0.4) is 0 Å². The van der Waals surface area contributed by atoms with Crippen LogP contribution >= 0.6 is 0 Å². The second-order valence-electron chi connectivity index (χ2n) is 3.90. The monoisotopic (exact) mass is 186 g/mol. The lowest BCUT2D eigenvalue weighted by atomic mass is 9.90. The van der Waals surface area contributed by atoms with Gasteiger partial charge < -0.3 is 4.74 Å². The Morgan fingerprint density at radius 1 is 0.923 bits per heavy atom. The van der Waals surface area contributed by atoms with Crippen LogP contribution in [0.4, 0.5) is 0 Å². The molecule has 0 saturated heterocycles. The van der Waals surface area contributed by atoms with Gasteiger partial charge in [-0.2, -0.15) is 0 Å². The number of hydrogen-bond acceptors (Lipinski definition) is 1. The molecular formula is C12H26O. The highest BCUT2D eigenvalue weighted by molar-refractivity contribution is 4.76. The van der Waals surface area contributed by atoms with E-state index >= 15 is 0 Å². The zero-order chi connectivity index (χ0) is 10.2. The van der Waals surface area contributed by atoms with Gasteiger partial charge in [0.05, 0.1) is 5.60 Å². The molecule has 80 valence electrons. The Hall–Kier alpha value is -0.0400. The average Bonchev–Trinajstić information content (AvgIpc) is 2.20. The fraction of sp³-hybridized carbons (Fsp3) is 1.00. The van der Waals surface area contributed by atoms with Crippen LogP contribution in [0.1, 0.15) is 65.7 Å². The van der Waals surface area contributed by atoms with Gasteiger partial charge in [0.15, 0.2) is 0 Å². The Kier molecular flexibility index (Phi) is 7.35. The average molecular weight is 186 g/mol. The first-order chi connectivity index (χ1) is 6.24. The first-order valence-electron chi connectivity index (χ1n) is 5.79. The molecule has 0 aliphatic rings. The predicted molar refractivity (Wildman–Crippen MR) is 59.1 cm³/mol. The third-order valence-electron chi connectivity index (χ3n) is 3.21. The van der Waals surface area contributed by atoms with Crippen LogP contribution in [0.2, 0.25) is 0 Å². The summed E-state index contributed by atoms with van der Waals surface area (Å²) in [6.07, 6.45) is 8.89. The first kappa shape index (κ1) is 13.0. The lowest BCUT2D eigenvalue weighted by Crippen LogP contribution is -2.29. The molecule has 13 heavy (non-hydrogen) atoms. The second kappa shape index (κ2) is 7.37. The molecule has 0 radical (unpaired) electrons. The van der Waals surface area contributed by atoms with E-state index in [-0.39, 0.29) is 5.60 Å². The van der Waals surface area contributed by atoms with Crippen molar-refractivity contribution in [1.29, 1.82) is 0 Å². The molecule has 0 bridgehead atoms. The van der Waals surface area contributed by atoms with Gasteiger partial charge in [0.1, 0.15) is 0 Å². The maximum atomic E-state index is 5.62. The SMILES string of the molecule is CCCCCCC(CC)(CC)OC. The summed E-state index contributed by atoms with van der Waals surface area (Å²) >= 11 is 0. The van der Waals surface area contributed by atoms with Crippen LogP contribution in [0.5, 0.6) is 0 Å². The predicted octanol–water partition coefficient (Wildman–Crippen LogP) is 4.16. The molecule has 0 amide bonds. The summed E-state index contributed by atoms with van der Waals surface area (Å²) in [7, 11) is 1.85. The summed E-state index contributed by atoms with van der Waals surface area (Å²) in [5.74, 6) is 0. The summed E-state index contributed by atoms with van der Waals surface area (Å²) in [4.78, 5) is 0. The summed E-state index contributed by atoms with van der Waals surface area (Å²) in [5.41, 5.74) is 0.174. The molecule has 0 aromatic rings. The molecule has 1 nitrogen and oxygen atoms in total. The Labute approximate surface area is 83.9 Å². The van der Waals surface area contributed by atoms with E-state index in [2.05, 4.69) is 20.8 Å². The third kappa shape index (κ3) is 4.66. The molecule has 0 aromatic carbocycles. The zero-order valence-corrected chi connectivity index (χ0v) is 9.86. The first-order valence-corrected chi connectivity index (χ1v) is 5.79. The molecule has 0 aliphatic heterocycles. The van der Waals surface area contributed by atoms with Gasteiger partial charge in [0, 0.05) is 7.11 Å². The van der Waals surface area contributed by atoms with Gasteiger partial charge in [-0.05, 0) is 19.3 Å². The number of ether oxygens (including phenoxy) is 1. The van der Waals surface area contributed by atoms with E-state index in [1.54, 1.807) is 0 Å². The van der Waals surface area contributed by atoms with Crippen LogP contribution in [-0.4, -0.2) is 12.7 Å². The minimum atomic E-state index is 0.174. The summed E-state index contributed by atoms with van der Waals surface area (Å²) in [6.45, 7) is 6.71. The van der Waals surface area contributed by atoms with E-state index in [4.69, 9.17) is 4.74 Å². The van der Waals surface area contributed by atoms with Crippen molar-refractivity contribution in [3.63, 3.8) is 0 Å². The fourth-order valence-corrected chi connectivity index (χ4v) is 1.87. The van der Waals surface area contributed by atoms with Crippen molar-refractivity contribution in [2.75, 3.05) is 7.11 Å². The van der Waals surface area contributed by atoms with E-state index in [0.717, 1.165) is 12.8 Å². The quantitative estimate of drug-likeness (QED) is 0.517. The van der Waals surface area contributed by atoms with Crippen LogP contribution in [-0.2, 0) is 4.74 Å². The summed E-state index contributed by atoms with van der Waals surface area (Å²) < 4.78 is 5.62. The van der Waals surface area contributed by atoms with Gasteiger partial charge in [-0.25, -0.2) is 0 Å². The lowest BCUT2D eigenvalue weighted by molar-refractivity contribution is -0.0255. The van der Waals surface area contributed by atoms with Crippen molar-refractivity contribution < 1.29 is 4.74 Å². The number of methoxy groups -OCH3 is 1. The molecule has 0 heterocycles. The van der Waals surface area contributed by atoms with Crippen molar-refractivity contribution in [2.45, 2.75) is 71.3 Å². The molecular weight excluding hydrogens is 160 g/mol. The van der Waals surface area contributed by atoms with Crippen molar-refractivity contribution in [3.8, 4) is 0 Å². The zero-order valence-electron chi connectivity index (χ0n) is 9.86. The minimum Gasteiger partial charge on any atom is -0.378 e. The lowest BCUT2D eigenvalue weighted by Gasteiger charge is -2.30. The highest BCUT2D eigenvalue weighted by Crippen LogP contribution is 2.26. The van der Waals surface area contributed by atoms with Gasteiger partial charge >= 0.3 is 0 Å². The third-order valence-corrected chi connectivity index (χ3v) is 3.21. The maximum Gasteiger partial charge on any atom is 0.0673 e. The van der Waals surface area contributed by atoms with Gasteiger partial charge in [-0.3, -0.25) is 0 Å². The topological polar surface area (TPSA) is 9.23 Å². The van der Waals surface area contributed by atoms with Crippen LogP contribution < -0.4 is 0 Å². The standard InChI is InChI=1S/C12H26O/c1-5-8-9-10-11-12(6-2,7-3)13-4/h5-11H2,1-4H3. The summed E-state index contributed by atoms with van der Waals surface area (Å²) in [6, 6.07) is 0. The van der Waals surface area contributed by atoms with Gasteiger partial charge in [0.2, 0.25) is 0 Å². The van der Waals surface area contributed by atoms with Crippen molar-refractivity contribution >= 4 is 0 Å². The van der Waals surface area contributed by atoms with Gasteiger partial charge in [-0.1, -0.05) is 46.5 Å². The molecule has 0 saturated carbocycles. The molecule has 0 aromatic heterocycles. The Morgan fingerprint density at radius 2 is 1.54 bits per heavy atom. The van der Waals surface area contributed by atoms with Crippen LogP contribution in [0.15, 0.2) is 0 Å². The normalized spacial score (nSPS) is 12.0. The van der Waals surface area contributed by atoms with E-state index in [1.807, 2.05) is 7.11 Å². The molecule has 0 spiro atoms. The van der Waals surface area contributed by atoms with E-state index in [0.29, 0.717) is 0 Å². The molecule has 0 aliphatic carbocycles. The molecule has 0 fully saturated rings. The number of unbranched alkanes of at least 4 members (excludes halogenated alkanes) is 3. The van der Waals surface area contributed by atoms with Crippen molar-refractivity contribution in [3.05, 3.63) is 0 Å². The Morgan fingerprint density at radius 3 is 1.92 bits per heavy atom. The number of rotatable bonds is 8. The van der Waals surface area contributed by atoms with Crippen LogP contribution in [0, 0.1) is 0 Å². The fourth-order valence-electron chi connectivity index (χ4n) is 1.87. The number of hydrogen-bond donors (Lipinski definition) is 0. The highest BCUT2D eigenvalue weighted by Gasteiger charge is 2.24. The van der Waals surface area contributed by atoms with Crippen molar-refractivity contribution in [2.24, 2.45) is 0 Å². The van der Waals surface area contributed by atoms with E-state index in [9.17, 15) is 0 Å². The second-order valence-corrected chi connectivity index (χ2v) is 3.90. The molecule has 0 N–H and O–H groups in total. The van der Waals surface area contributed by atoms with Crippen LogP contribution in [0.25, 0.3) is 0 Å². The molecule has 0 rings (SSSR count). The summed E-state index contributed by atoms with van der Waals surface area (Å²) in [5, 5.41) is 0. The van der Waals surface area contributed by atoms with E-state index < -0.39 is 0 Å². The Bertz CT molecular complexity index is 97.4. The van der Waals surface area contributed by atoms with Gasteiger partial charge in [-0.15, -0.1) is 0 Å². The smallest absolute Gasteiger partial charge is 0.0673 e. The largest absolute Gasteiger partial charge is 0.378 e. The Balaban J connectivity index is 3.68. The molecule has 0 unspecified atom stereocenters. The molecule has 1 heteroatoms.